The second kappa shape index (κ2) is 5.97. The Morgan fingerprint density at radius 3 is 2.67 bits per heavy atom. The van der Waals surface area contributed by atoms with Gasteiger partial charge >= 0.3 is 0 Å². The van der Waals surface area contributed by atoms with Crippen LogP contribution in [0.1, 0.15) is 0 Å². The molecular formula is C12H21N5O. The first-order valence-electron chi connectivity index (χ1n) is 6.34. The van der Waals surface area contributed by atoms with Crippen molar-refractivity contribution in [3.8, 4) is 0 Å². The number of hydrogen-bond donors (Lipinski definition) is 1. The molecule has 0 amide bonds. The quantitative estimate of drug-likeness (QED) is 0.760. The molecule has 0 aromatic carbocycles. The van der Waals surface area contributed by atoms with Crippen LogP contribution in [0.15, 0.2) is 17.1 Å². The zero-order valence-corrected chi connectivity index (χ0v) is 11.1. The van der Waals surface area contributed by atoms with E-state index in [-0.39, 0.29) is 5.56 Å². The van der Waals surface area contributed by atoms with Gasteiger partial charge in [0, 0.05) is 52.9 Å². The molecule has 1 aromatic heterocycles. The van der Waals surface area contributed by atoms with Gasteiger partial charge in [0.15, 0.2) is 0 Å². The van der Waals surface area contributed by atoms with E-state index in [1.165, 1.54) is 4.68 Å². The summed E-state index contributed by atoms with van der Waals surface area (Å²) in [6.07, 6.45) is 1.74. The summed E-state index contributed by atoms with van der Waals surface area (Å²) in [6, 6.07) is 1.63. The van der Waals surface area contributed by atoms with Crippen molar-refractivity contribution in [2.45, 2.75) is 6.54 Å². The highest BCUT2D eigenvalue weighted by atomic mass is 16.1. The molecule has 100 valence electrons. The Morgan fingerprint density at radius 2 is 2.06 bits per heavy atom. The Labute approximate surface area is 107 Å². The maximum atomic E-state index is 11.9. The fourth-order valence-electron chi connectivity index (χ4n) is 2.01. The Bertz CT molecular complexity index is 436. The summed E-state index contributed by atoms with van der Waals surface area (Å²) in [4.78, 5) is 16.1. The maximum absolute atomic E-state index is 11.9. The molecule has 0 atom stereocenters. The van der Waals surface area contributed by atoms with E-state index < -0.39 is 0 Å². The minimum atomic E-state index is -0.0312. The molecular weight excluding hydrogens is 230 g/mol. The van der Waals surface area contributed by atoms with Crippen molar-refractivity contribution in [3.63, 3.8) is 0 Å². The SMILES string of the molecule is CN(C)c1cnn(CCN2CCNCC2)c(=O)c1. The Hall–Kier alpha value is -1.40. The molecule has 0 aliphatic carbocycles. The molecule has 1 aliphatic heterocycles. The third kappa shape index (κ3) is 3.30. The summed E-state index contributed by atoms with van der Waals surface area (Å²) in [5, 5.41) is 7.52. The molecule has 2 rings (SSSR count). The Balaban J connectivity index is 1.95. The summed E-state index contributed by atoms with van der Waals surface area (Å²) in [6.45, 7) is 5.70. The normalized spacial score (nSPS) is 16.8. The van der Waals surface area contributed by atoms with Gasteiger partial charge in [0.05, 0.1) is 18.4 Å². The molecule has 0 unspecified atom stereocenters. The topological polar surface area (TPSA) is 53.4 Å². The van der Waals surface area contributed by atoms with Crippen molar-refractivity contribution in [3.05, 3.63) is 22.6 Å². The maximum Gasteiger partial charge on any atom is 0.268 e. The molecule has 1 aliphatic rings. The highest BCUT2D eigenvalue weighted by Gasteiger charge is 2.09. The van der Waals surface area contributed by atoms with Gasteiger partial charge in [-0.15, -0.1) is 0 Å². The van der Waals surface area contributed by atoms with E-state index in [1.54, 1.807) is 12.3 Å². The molecule has 2 heterocycles. The number of nitrogens with one attached hydrogen (secondary N) is 1. The lowest BCUT2D eigenvalue weighted by molar-refractivity contribution is 0.228. The van der Waals surface area contributed by atoms with E-state index in [4.69, 9.17) is 0 Å². The molecule has 0 radical (unpaired) electrons. The molecule has 1 N–H and O–H groups in total. The standard InChI is InChI=1S/C12H21N5O/c1-15(2)11-9-12(18)17(14-10-11)8-7-16-5-3-13-4-6-16/h9-10,13H,3-8H2,1-2H3. The summed E-state index contributed by atoms with van der Waals surface area (Å²) in [7, 11) is 3.81. The van der Waals surface area contributed by atoms with Gasteiger partial charge in [-0.25, -0.2) is 4.68 Å². The van der Waals surface area contributed by atoms with Crippen LogP contribution in [0.25, 0.3) is 0 Å². The van der Waals surface area contributed by atoms with Crippen molar-refractivity contribution in [2.75, 3.05) is 51.7 Å². The van der Waals surface area contributed by atoms with Gasteiger partial charge in [0.1, 0.15) is 0 Å². The van der Waals surface area contributed by atoms with Gasteiger partial charge in [-0.2, -0.15) is 5.10 Å². The first-order valence-corrected chi connectivity index (χ1v) is 6.34. The fourth-order valence-corrected chi connectivity index (χ4v) is 2.01. The smallest absolute Gasteiger partial charge is 0.268 e. The first kappa shape index (κ1) is 13.0. The average Bonchev–Trinajstić information content (AvgIpc) is 2.38. The van der Waals surface area contributed by atoms with E-state index >= 15 is 0 Å². The second-order valence-corrected chi connectivity index (χ2v) is 4.76. The monoisotopic (exact) mass is 251 g/mol. The summed E-state index contributed by atoms with van der Waals surface area (Å²) in [5.74, 6) is 0. The number of anilines is 1. The van der Waals surface area contributed by atoms with E-state index in [1.807, 2.05) is 19.0 Å². The number of nitrogens with zero attached hydrogens (tertiary/aromatic N) is 4. The van der Waals surface area contributed by atoms with E-state index in [0.29, 0.717) is 6.54 Å². The number of piperazine rings is 1. The van der Waals surface area contributed by atoms with Crippen LogP contribution in [0.5, 0.6) is 0 Å². The van der Waals surface area contributed by atoms with Crippen LogP contribution in [-0.2, 0) is 6.54 Å². The van der Waals surface area contributed by atoms with Crippen LogP contribution >= 0.6 is 0 Å². The van der Waals surface area contributed by atoms with Crippen LogP contribution in [-0.4, -0.2) is 61.5 Å². The predicted molar refractivity (Wildman–Crippen MR) is 72.1 cm³/mol. The molecule has 6 nitrogen and oxygen atoms in total. The van der Waals surface area contributed by atoms with Crippen molar-refractivity contribution in [1.82, 2.24) is 20.0 Å². The zero-order valence-electron chi connectivity index (χ0n) is 11.1. The van der Waals surface area contributed by atoms with Crippen molar-refractivity contribution < 1.29 is 0 Å². The van der Waals surface area contributed by atoms with Crippen molar-refractivity contribution in [1.29, 1.82) is 0 Å². The highest BCUT2D eigenvalue weighted by molar-refractivity contribution is 5.40. The lowest BCUT2D eigenvalue weighted by Gasteiger charge is -2.27. The lowest BCUT2D eigenvalue weighted by Crippen LogP contribution is -2.45. The lowest BCUT2D eigenvalue weighted by atomic mass is 10.3. The second-order valence-electron chi connectivity index (χ2n) is 4.76. The fraction of sp³-hybridized carbons (Fsp3) is 0.667. The molecule has 6 heteroatoms. The summed E-state index contributed by atoms with van der Waals surface area (Å²) >= 11 is 0. The van der Waals surface area contributed by atoms with Gasteiger partial charge in [0.25, 0.3) is 5.56 Å². The van der Waals surface area contributed by atoms with E-state index in [9.17, 15) is 4.79 Å². The Kier molecular flexibility index (Phi) is 4.33. The number of hydrogen-bond acceptors (Lipinski definition) is 5. The minimum absolute atomic E-state index is 0.0312. The minimum Gasteiger partial charge on any atom is -0.376 e. The Morgan fingerprint density at radius 1 is 1.33 bits per heavy atom. The van der Waals surface area contributed by atoms with Crippen LogP contribution in [0, 0.1) is 0 Å². The molecule has 0 spiro atoms. The van der Waals surface area contributed by atoms with Crippen molar-refractivity contribution in [2.24, 2.45) is 0 Å². The van der Waals surface area contributed by atoms with E-state index in [0.717, 1.165) is 38.4 Å². The van der Waals surface area contributed by atoms with Gasteiger partial charge in [-0.1, -0.05) is 0 Å². The van der Waals surface area contributed by atoms with Gasteiger partial charge in [0.2, 0.25) is 0 Å². The number of rotatable bonds is 4. The molecule has 1 saturated heterocycles. The highest BCUT2D eigenvalue weighted by Crippen LogP contribution is 2.03. The molecule has 1 fully saturated rings. The van der Waals surface area contributed by atoms with Crippen LogP contribution < -0.4 is 15.8 Å². The molecule has 18 heavy (non-hydrogen) atoms. The third-order valence-electron chi connectivity index (χ3n) is 3.21. The van der Waals surface area contributed by atoms with Crippen LogP contribution in [0.3, 0.4) is 0 Å². The number of aromatic nitrogens is 2. The van der Waals surface area contributed by atoms with Crippen LogP contribution in [0.2, 0.25) is 0 Å². The largest absolute Gasteiger partial charge is 0.376 e. The van der Waals surface area contributed by atoms with E-state index in [2.05, 4.69) is 15.3 Å². The summed E-state index contributed by atoms with van der Waals surface area (Å²) in [5.41, 5.74) is 0.815. The third-order valence-corrected chi connectivity index (χ3v) is 3.21. The predicted octanol–water partition coefficient (Wildman–Crippen LogP) is -0.785. The van der Waals surface area contributed by atoms with Gasteiger partial charge < -0.3 is 10.2 Å². The van der Waals surface area contributed by atoms with Crippen LogP contribution in [0.4, 0.5) is 5.69 Å². The van der Waals surface area contributed by atoms with Gasteiger partial charge in [-0.3, -0.25) is 9.69 Å². The first-order chi connectivity index (χ1) is 8.66. The zero-order chi connectivity index (χ0) is 13.0. The average molecular weight is 251 g/mol. The molecule has 0 bridgehead atoms. The summed E-state index contributed by atoms with van der Waals surface area (Å²) < 4.78 is 1.54. The van der Waals surface area contributed by atoms with Gasteiger partial charge in [-0.05, 0) is 0 Å². The molecule has 1 aromatic rings. The molecule has 0 saturated carbocycles. The van der Waals surface area contributed by atoms with Crippen molar-refractivity contribution >= 4 is 5.69 Å².